The highest BCUT2D eigenvalue weighted by Gasteiger charge is 2.31. The second kappa shape index (κ2) is 8.85. The zero-order valence-electron chi connectivity index (χ0n) is 18.0. The van der Waals surface area contributed by atoms with Crippen molar-refractivity contribution in [1.29, 1.82) is 0 Å². The van der Waals surface area contributed by atoms with Crippen molar-refractivity contribution in [2.45, 2.75) is 9.79 Å². The number of hydrogen-bond acceptors (Lipinski definition) is 4. The smallest absolute Gasteiger partial charge is 0.214 e. The zero-order valence-corrected chi connectivity index (χ0v) is 19.6. The van der Waals surface area contributed by atoms with Gasteiger partial charge in [0.05, 0.1) is 16.0 Å². The number of benzene rings is 3. The molecule has 0 spiro atoms. The van der Waals surface area contributed by atoms with Gasteiger partial charge in [-0.1, -0.05) is 11.6 Å². The van der Waals surface area contributed by atoms with E-state index in [4.69, 9.17) is 11.6 Å². The predicted molar refractivity (Wildman–Crippen MR) is 128 cm³/mol. The Hall–Kier alpha value is -3.23. The van der Waals surface area contributed by atoms with Gasteiger partial charge in [0.1, 0.15) is 11.6 Å². The summed E-state index contributed by atoms with van der Waals surface area (Å²) < 4.78 is 54.0. The van der Waals surface area contributed by atoms with E-state index in [1.165, 1.54) is 30.5 Å². The second-order valence-corrected chi connectivity index (χ2v) is 10.5. The predicted octanol–water partition coefficient (Wildman–Crippen LogP) is 4.74. The third-order valence-corrected chi connectivity index (χ3v) is 8.05. The summed E-state index contributed by atoms with van der Waals surface area (Å²) in [6.45, 7) is 2.36. The van der Waals surface area contributed by atoms with Crippen molar-refractivity contribution in [1.82, 2.24) is 0 Å². The number of rotatable bonds is 4. The molecule has 0 unspecified atom stereocenters. The topological polar surface area (TPSA) is 54.8 Å². The monoisotopic (exact) mass is 500 g/mol. The lowest BCUT2D eigenvalue weighted by molar-refractivity contribution is -0.347. The molecule has 1 aromatic heterocycles. The third-order valence-electron chi connectivity index (χ3n) is 6.03. The number of piperazine rings is 1. The van der Waals surface area contributed by atoms with Crippen molar-refractivity contribution < 1.29 is 22.2 Å². The van der Waals surface area contributed by atoms with Crippen molar-refractivity contribution in [3.63, 3.8) is 0 Å². The van der Waals surface area contributed by atoms with Crippen LogP contribution in [0.5, 0.6) is 0 Å². The van der Waals surface area contributed by atoms with E-state index in [1.54, 1.807) is 24.3 Å². The minimum atomic E-state index is -3.95. The minimum absolute atomic E-state index is 0.00914. The van der Waals surface area contributed by atoms with Gasteiger partial charge in [0.2, 0.25) is 15.4 Å². The van der Waals surface area contributed by atoms with Crippen molar-refractivity contribution in [3.05, 3.63) is 89.6 Å². The van der Waals surface area contributed by atoms with Gasteiger partial charge in [-0.15, -0.1) is 0 Å². The van der Waals surface area contributed by atoms with Crippen LogP contribution in [0.1, 0.15) is 0 Å². The van der Waals surface area contributed by atoms with Crippen LogP contribution in [0.3, 0.4) is 0 Å². The summed E-state index contributed by atoms with van der Waals surface area (Å²) in [5.74, 6) is -0.796. The number of pyridine rings is 1. The van der Waals surface area contributed by atoms with Crippen molar-refractivity contribution in [3.8, 4) is 0 Å². The highest BCUT2D eigenvalue weighted by atomic mass is 35.5. The Kier molecular flexibility index (Phi) is 5.87. The number of sulfone groups is 1. The fraction of sp³-hybridized carbons (Fsp3) is 0.160. The van der Waals surface area contributed by atoms with E-state index in [9.17, 15) is 17.2 Å². The van der Waals surface area contributed by atoms with Crippen LogP contribution in [0.15, 0.2) is 82.7 Å². The first-order valence-electron chi connectivity index (χ1n) is 10.7. The molecule has 0 atom stereocenters. The molecule has 1 aliphatic heterocycles. The second-order valence-electron chi connectivity index (χ2n) is 8.10. The van der Waals surface area contributed by atoms with Crippen LogP contribution in [-0.2, 0) is 9.84 Å². The molecule has 1 saturated heterocycles. The summed E-state index contributed by atoms with van der Waals surface area (Å²) in [7, 11) is -3.95. The van der Waals surface area contributed by atoms with Crippen LogP contribution in [0.4, 0.5) is 20.2 Å². The van der Waals surface area contributed by atoms with Crippen LogP contribution in [0, 0.1) is 11.6 Å². The Bertz CT molecular complexity index is 1450. The van der Waals surface area contributed by atoms with Gasteiger partial charge in [0.25, 0.3) is 0 Å². The van der Waals surface area contributed by atoms with Crippen LogP contribution in [-0.4, -0.2) is 34.6 Å². The molecule has 9 heteroatoms. The molecule has 0 amide bonds. The molecule has 5 nitrogen and oxygen atoms in total. The fourth-order valence-corrected chi connectivity index (χ4v) is 5.92. The standard InChI is InChI=1S/C25H20ClF2N3O2S/c26-17-1-10-23-22(15-17)25(24(16-29-23)34(32,33)21-8-4-19(28)5-9-21)31-13-11-30(12-14-31)20-6-2-18(27)3-7-20/h1-10,15-16H,11-14H2/p+1. The molecule has 174 valence electrons. The molecule has 0 saturated carbocycles. The summed E-state index contributed by atoms with van der Waals surface area (Å²) in [6, 6.07) is 16.4. The minimum Gasteiger partial charge on any atom is -0.368 e. The molecule has 4 aromatic rings. The average Bonchev–Trinajstić information content (AvgIpc) is 2.84. The number of anilines is 2. The van der Waals surface area contributed by atoms with Crippen LogP contribution < -0.4 is 14.8 Å². The van der Waals surface area contributed by atoms with Crippen LogP contribution in [0.2, 0.25) is 5.02 Å². The van der Waals surface area contributed by atoms with E-state index in [-0.39, 0.29) is 15.6 Å². The SMILES string of the molecule is O=S(=O)(c1ccc(F)cc1)c1c[nH+]c2ccc(Cl)cc2c1N1CCN(c2ccc(F)cc2)CC1. The number of H-pyrrole nitrogens is 1. The Morgan fingerprint density at radius 2 is 1.38 bits per heavy atom. The Morgan fingerprint density at radius 3 is 2.03 bits per heavy atom. The van der Waals surface area contributed by atoms with E-state index in [0.29, 0.717) is 42.3 Å². The quantitative estimate of drug-likeness (QED) is 0.380. The lowest BCUT2D eigenvalue weighted by Gasteiger charge is -2.38. The summed E-state index contributed by atoms with van der Waals surface area (Å²) in [5.41, 5.74) is 2.22. The van der Waals surface area contributed by atoms with Gasteiger partial charge in [-0.05, 0) is 60.7 Å². The Labute approximate surface area is 201 Å². The first-order valence-corrected chi connectivity index (χ1v) is 12.6. The van der Waals surface area contributed by atoms with E-state index in [0.717, 1.165) is 23.3 Å². The van der Waals surface area contributed by atoms with Gasteiger partial charge in [0.15, 0.2) is 11.1 Å². The number of fused-ring (bicyclic) bond motifs is 1. The lowest BCUT2D eigenvalue weighted by Crippen LogP contribution is -2.47. The summed E-state index contributed by atoms with van der Waals surface area (Å²) in [6.07, 6.45) is 1.48. The lowest BCUT2D eigenvalue weighted by atomic mass is 10.1. The molecule has 0 aliphatic carbocycles. The molecule has 5 rings (SSSR count). The summed E-state index contributed by atoms with van der Waals surface area (Å²) in [5, 5.41) is 1.18. The third kappa shape index (κ3) is 4.19. The van der Waals surface area contributed by atoms with Gasteiger partial charge < -0.3 is 9.80 Å². The Morgan fingerprint density at radius 1 is 0.794 bits per heavy atom. The maximum Gasteiger partial charge on any atom is 0.214 e. The molecule has 2 heterocycles. The zero-order chi connectivity index (χ0) is 23.9. The first-order chi connectivity index (χ1) is 16.3. The van der Waals surface area contributed by atoms with Crippen molar-refractivity contribution >= 4 is 43.7 Å². The number of hydrogen-bond donors (Lipinski definition) is 0. The van der Waals surface area contributed by atoms with E-state index >= 15 is 0 Å². The molecule has 0 bridgehead atoms. The molecule has 3 aromatic carbocycles. The van der Waals surface area contributed by atoms with Crippen molar-refractivity contribution in [2.24, 2.45) is 0 Å². The molecule has 1 aliphatic rings. The Balaban J connectivity index is 1.57. The summed E-state index contributed by atoms with van der Waals surface area (Å²) >= 11 is 6.28. The normalized spacial score (nSPS) is 14.6. The van der Waals surface area contributed by atoms with Crippen LogP contribution >= 0.6 is 11.6 Å². The highest BCUT2D eigenvalue weighted by Crippen LogP contribution is 2.36. The molecule has 1 fully saturated rings. The maximum atomic E-state index is 13.6. The van der Waals surface area contributed by atoms with E-state index < -0.39 is 15.7 Å². The largest absolute Gasteiger partial charge is 0.368 e. The first kappa shape index (κ1) is 22.6. The number of nitrogens with zero attached hydrogens (tertiary/aromatic N) is 2. The van der Waals surface area contributed by atoms with Gasteiger partial charge in [-0.2, -0.15) is 0 Å². The maximum absolute atomic E-state index is 13.6. The molecular weight excluding hydrogens is 480 g/mol. The van der Waals surface area contributed by atoms with E-state index in [2.05, 4.69) is 9.88 Å². The van der Waals surface area contributed by atoms with Gasteiger partial charge >= 0.3 is 0 Å². The number of nitrogens with one attached hydrogen (secondary N) is 1. The number of aromatic nitrogens is 1. The molecule has 34 heavy (non-hydrogen) atoms. The van der Waals surface area contributed by atoms with Crippen LogP contribution in [0.25, 0.3) is 10.9 Å². The molecule has 0 radical (unpaired) electrons. The van der Waals surface area contributed by atoms with Crippen molar-refractivity contribution in [2.75, 3.05) is 36.0 Å². The van der Waals surface area contributed by atoms with Gasteiger partial charge in [0, 0.05) is 43.0 Å². The van der Waals surface area contributed by atoms with Gasteiger partial charge in [-0.3, -0.25) is 0 Å². The summed E-state index contributed by atoms with van der Waals surface area (Å²) in [4.78, 5) is 7.34. The average molecular weight is 501 g/mol. The molecule has 1 N–H and O–H groups in total. The molecular formula is C25H21ClF2N3O2S+. The highest BCUT2D eigenvalue weighted by molar-refractivity contribution is 7.91. The van der Waals surface area contributed by atoms with Gasteiger partial charge in [-0.25, -0.2) is 22.2 Å². The van der Waals surface area contributed by atoms with E-state index in [1.807, 2.05) is 11.0 Å². The number of halogens is 3. The fourth-order valence-electron chi connectivity index (χ4n) is 4.29. The number of aromatic amines is 1.